The van der Waals surface area contributed by atoms with E-state index in [4.69, 9.17) is 0 Å². The van der Waals surface area contributed by atoms with Crippen LogP contribution in [0.15, 0.2) is 29.2 Å². The van der Waals surface area contributed by atoms with Crippen LogP contribution in [-0.2, 0) is 16.5 Å². The van der Waals surface area contributed by atoms with Crippen molar-refractivity contribution in [3.05, 3.63) is 29.8 Å². The zero-order chi connectivity index (χ0) is 13.4. The minimum absolute atomic E-state index is 0. The summed E-state index contributed by atoms with van der Waals surface area (Å²) < 4.78 is 32.6. The van der Waals surface area contributed by atoms with E-state index in [0.29, 0.717) is 0 Å². The Morgan fingerprint density at radius 1 is 1.05 bits per heavy atom. The van der Waals surface area contributed by atoms with Gasteiger partial charge in [-0.05, 0) is 30.5 Å². The largest absolute Gasteiger partial charge is 1.00 e. The maximum Gasteiger partial charge on any atom is 1.00 e. The van der Waals surface area contributed by atoms with Crippen molar-refractivity contribution in [2.75, 3.05) is 0 Å². The quantitative estimate of drug-likeness (QED) is 0.398. The molecular formula is C14H21NaO3S. The van der Waals surface area contributed by atoms with Crippen molar-refractivity contribution in [3.8, 4) is 0 Å². The molecule has 0 heterocycles. The summed E-state index contributed by atoms with van der Waals surface area (Å²) in [7, 11) is -4.32. The zero-order valence-corrected chi connectivity index (χ0v) is 14.7. The summed E-state index contributed by atoms with van der Waals surface area (Å²) in [4.78, 5) is -0.119. The van der Waals surface area contributed by atoms with Crippen LogP contribution in [-0.4, -0.2) is 13.0 Å². The third-order valence-corrected chi connectivity index (χ3v) is 3.84. The van der Waals surface area contributed by atoms with Crippen LogP contribution in [0.4, 0.5) is 0 Å². The summed E-state index contributed by atoms with van der Waals surface area (Å²) in [5, 5.41) is 0. The molecule has 1 aromatic carbocycles. The molecule has 0 saturated carbocycles. The molecule has 5 heteroatoms. The summed E-state index contributed by atoms with van der Waals surface area (Å²) in [5.74, 6) is 0. The van der Waals surface area contributed by atoms with Crippen molar-refractivity contribution < 1.29 is 42.5 Å². The summed E-state index contributed by atoms with van der Waals surface area (Å²) >= 11 is 0. The van der Waals surface area contributed by atoms with Gasteiger partial charge in [-0.2, -0.15) is 0 Å². The monoisotopic (exact) mass is 292 g/mol. The smallest absolute Gasteiger partial charge is 0.744 e. The summed E-state index contributed by atoms with van der Waals surface area (Å²) in [6, 6.07) is 6.36. The first-order chi connectivity index (χ1) is 8.54. The Hall–Kier alpha value is 0.130. The Morgan fingerprint density at radius 3 is 2.32 bits per heavy atom. The standard InChI is InChI=1S/C14H22O3S.Na/c1-2-3-4-5-6-7-9-13-10-8-11-14(12-13)18(15,16)17;/h8,10-12H,2-7,9H2,1H3,(H,15,16,17);/q;+1/p-1. The van der Waals surface area contributed by atoms with Crippen LogP contribution in [0.3, 0.4) is 0 Å². The normalized spacial score (nSPS) is 11.1. The van der Waals surface area contributed by atoms with E-state index in [9.17, 15) is 13.0 Å². The van der Waals surface area contributed by atoms with Gasteiger partial charge in [-0.1, -0.05) is 51.2 Å². The van der Waals surface area contributed by atoms with Crippen LogP contribution in [0.2, 0.25) is 0 Å². The van der Waals surface area contributed by atoms with E-state index in [0.717, 1.165) is 24.8 Å². The van der Waals surface area contributed by atoms with Gasteiger partial charge in [0, 0.05) is 0 Å². The van der Waals surface area contributed by atoms with Gasteiger partial charge in [0.2, 0.25) is 0 Å². The van der Waals surface area contributed by atoms with Crippen LogP contribution in [0.1, 0.15) is 51.0 Å². The van der Waals surface area contributed by atoms with Gasteiger partial charge in [0.1, 0.15) is 10.1 Å². The molecule has 0 aliphatic heterocycles. The van der Waals surface area contributed by atoms with Gasteiger partial charge in [0.25, 0.3) is 0 Å². The number of rotatable bonds is 8. The SMILES string of the molecule is CCCCCCCCc1cccc(S(=O)(=O)[O-])c1.[Na+]. The Labute approximate surface area is 138 Å². The summed E-state index contributed by atoms with van der Waals surface area (Å²) in [5.41, 5.74) is 0.933. The molecule has 0 atom stereocenters. The van der Waals surface area contributed by atoms with E-state index < -0.39 is 10.1 Å². The van der Waals surface area contributed by atoms with Gasteiger partial charge in [-0.25, -0.2) is 8.42 Å². The zero-order valence-electron chi connectivity index (χ0n) is 11.9. The van der Waals surface area contributed by atoms with Crippen LogP contribution in [0.5, 0.6) is 0 Å². The van der Waals surface area contributed by atoms with E-state index in [1.165, 1.54) is 37.8 Å². The predicted octanol–water partition coefficient (Wildman–Crippen LogP) is 0.498. The fourth-order valence-corrected chi connectivity index (χ4v) is 2.51. The Bertz CT molecular complexity index is 458. The second-order valence-electron chi connectivity index (χ2n) is 4.62. The molecule has 0 aromatic heterocycles. The molecular weight excluding hydrogens is 271 g/mol. The fourth-order valence-electron chi connectivity index (χ4n) is 1.97. The molecule has 0 aliphatic rings. The maximum absolute atomic E-state index is 10.9. The molecule has 0 spiro atoms. The number of unbranched alkanes of at least 4 members (excludes halogenated alkanes) is 5. The average molecular weight is 292 g/mol. The van der Waals surface area contributed by atoms with Gasteiger partial charge in [0.05, 0.1) is 4.90 Å². The van der Waals surface area contributed by atoms with Crippen molar-refractivity contribution >= 4 is 10.1 Å². The van der Waals surface area contributed by atoms with Crippen molar-refractivity contribution in [1.29, 1.82) is 0 Å². The third-order valence-electron chi connectivity index (χ3n) is 3.01. The van der Waals surface area contributed by atoms with Crippen molar-refractivity contribution in [2.45, 2.75) is 56.8 Å². The molecule has 102 valence electrons. The second kappa shape index (κ2) is 9.94. The molecule has 0 N–H and O–H groups in total. The molecule has 0 aliphatic carbocycles. The number of benzene rings is 1. The fraction of sp³-hybridized carbons (Fsp3) is 0.571. The topological polar surface area (TPSA) is 57.2 Å². The molecule has 0 radical (unpaired) electrons. The molecule has 0 saturated heterocycles. The van der Waals surface area contributed by atoms with Gasteiger partial charge < -0.3 is 4.55 Å². The first-order valence-electron chi connectivity index (χ1n) is 6.59. The maximum atomic E-state index is 10.9. The molecule has 0 amide bonds. The molecule has 0 bridgehead atoms. The second-order valence-corrected chi connectivity index (χ2v) is 6.00. The molecule has 1 rings (SSSR count). The van der Waals surface area contributed by atoms with E-state index >= 15 is 0 Å². The van der Waals surface area contributed by atoms with E-state index in [-0.39, 0.29) is 34.5 Å². The van der Waals surface area contributed by atoms with Gasteiger partial charge in [-0.3, -0.25) is 0 Å². The Balaban J connectivity index is 0.00000324. The van der Waals surface area contributed by atoms with Crippen LogP contribution in [0, 0.1) is 0 Å². The first kappa shape index (κ1) is 19.1. The van der Waals surface area contributed by atoms with Crippen molar-refractivity contribution in [3.63, 3.8) is 0 Å². The van der Waals surface area contributed by atoms with Gasteiger partial charge >= 0.3 is 29.6 Å². The minimum atomic E-state index is -4.32. The van der Waals surface area contributed by atoms with Crippen molar-refractivity contribution in [1.82, 2.24) is 0 Å². The van der Waals surface area contributed by atoms with Gasteiger partial charge in [-0.15, -0.1) is 0 Å². The number of hydrogen-bond donors (Lipinski definition) is 0. The minimum Gasteiger partial charge on any atom is -0.744 e. The van der Waals surface area contributed by atoms with E-state index in [2.05, 4.69) is 6.92 Å². The van der Waals surface area contributed by atoms with Gasteiger partial charge in [0.15, 0.2) is 0 Å². The molecule has 1 aromatic rings. The summed E-state index contributed by atoms with van der Waals surface area (Å²) in [6.07, 6.45) is 8.07. The van der Waals surface area contributed by atoms with E-state index in [1.807, 2.05) is 6.07 Å². The Kier molecular flexibility index (Phi) is 10.0. The third kappa shape index (κ3) is 8.10. The first-order valence-corrected chi connectivity index (χ1v) is 7.99. The molecule has 0 unspecified atom stereocenters. The van der Waals surface area contributed by atoms with Crippen LogP contribution in [0.25, 0.3) is 0 Å². The summed E-state index contributed by atoms with van der Waals surface area (Å²) in [6.45, 7) is 2.19. The van der Waals surface area contributed by atoms with Crippen LogP contribution >= 0.6 is 0 Å². The predicted molar refractivity (Wildman–Crippen MR) is 71.5 cm³/mol. The molecule has 0 fully saturated rings. The van der Waals surface area contributed by atoms with E-state index in [1.54, 1.807) is 6.07 Å². The van der Waals surface area contributed by atoms with Crippen LogP contribution < -0.4 is 29.6 Å². The molecule has 19 heavy (non-hydrogen) atoms. The Morgan fingerprint density at radius 2 is 1.68 bits per heavy atom. The molecule has 3 nitrogen and oxygen atoms in total. The number of aryl methyl sites for hydroxylation is 1. The van der Waals surface area contributed by atoms with Crippen molar-refractivity contribution in [2.24, 2.45) is 0 Å². The number of hydrogen-bond acceptors (Lipinski definition) is 3. The average Bonchev–Trinajstić information content (AvgIpc) is 2.33.